The van der Waals surface area contributed by atoms with E-state index in [4.69, 9.17) is 11.6 Å². The molecule has 0 heterocycles. The molecule has 0 spiro atoms. The van der Waals surface area contributed by atoms with Crippen molar-refractivity contribution in [2.75, 3.05) is 11.9 Å². The number of halogens is 1. The molecule has 0 aliphatic rings. The van der Waals surface area contributed by atoms with E-state index in [0.29, 0.717) is 10.7 Å². The molecule has 7 heteroatoms. The van der Waals surface area contributed by atoms with Gasteiger partial charge < -0.3 is 5.32 Å². The van der Waals surface area contributed by atoms with Gasteiger partial charge in [0.2, 0.25) is 15.9 Å². The van der Waals surface area contributed by atoms with Gasteiger partial charge in [0.05, 0.1) is 10.7 Å². The van der Waals surface area contributed by atoms with Crippen molar-refractivity contribution in [2.24, 2.45) is 0 Å². The third-order valence-electron chi connectivity index (χ3n) is 3.04. The highest BCUT2D eigenvalue weighted by Crippen LogP contribution is 2.20. The zero-order chi connectivity index (χ0) is 17.4. The van der Waals surface area contributed by atoms with Crippen molar-refractivity contribution in [3.63, 3.8) is 0 Å². The smallest absolute Gasteiger partial charge is 0.233 e. The SMILES string of the molecule is O=C(CCNS(=O)(=O)/C=C/c1ccccc1)Nc1ccccc1Cl. The average molecular weight is 365 g/mol. The van der Waals surface area contributed by atoms with Crippen LogP contribution in [-0.2, 0) is 14.8 Å². The van der Waals surface area contributed by atoms with Crippen LogP contribution in [0.5, 0.6) is 0 Å². The lowest BCUT2D eigenvalue weighted by Gasteiger charge is -2.07. The first-order valence-electron chi connectivity index (χ1n) is 7.23. The van der Waals surface area contributed by atoms with E-state index < -0.39 is 10.0 Å². The van der Waals surface area contributed by atoms with E-state index in [1.165, 1.54) is 6.08 Å². The first-order valence-corrected chi connectivity index (χ1v) is 9.16. The van der Waals surface area contributed by atoms with Gasteiger partial charge in [-0.05, 0) is 23.8 Å². The maximum atomic E-state index is 11.8. The number of nitrogens with one attached hydrogen (secondary N) is 2. The Morgan fingerprint density at radius 1 is 1.04 bits per heavy atom. The number of rotatable bonds is 7. The molecule has 5 nitrogen and oxygen atoms in total. The average Bonchev–Trinajstić information content (AvgIpc) is 2.56. The molecule has 0 aliphatic carbocycles. The largest absolute Gasteiger partial charge is 0.325 e. The number of anilines is 1. The van der Waals surface area contributed by atoms with Crippen LogP contribution >= 0.6 is 11.6 Å². The van der Waals surface area contributed by atoms with E-state index in [2.05, 4.69) is 10.0 Å². The molecule has 0 saturated heterocycles. The summed E-state index contributed by atoms with van der Waals surface area (Å²) in [5.74, 6) is -0.321. The van der Waals surface area contributed by atoms with Crippen LogP contribution < -0.4 is 10.0 Å². The topological polar surface area (TPSA) is 75.3 Å². The molecule has 1 amide bonds. The van der Waals surface area contributed by atoms with Crippen LogP contribution in [0.1, 0.15) is 12.0 Å². The normalized spacial score (nSPS) is 11.5. The molecule has 0 radical (unpaired) electrons. The van der Waals surface area contributed by atoms with E-state index in [1.807, 2.05) is 18.2 Å². The van der Waals surface area contributed by atoms with Crippen LogP contribution in [-0.4, -0.2) is 20.9 Å². The van der Waals surface area contributed by atoms with Crippen LogP contribution in [0.2, 0.25) is 5.02 Å². The number of amides is 1. The molecule has 0 bridgehead atoms. The van der Waals surface area contributed by atoms with Crippen molar-refractivity contribution < 1.29 is 13.2 Å². The Balaban J connectivity index is 1.81. The fraction of sp³-hybridized carbons (Fsp3) is 0.118. The minimum absolute atomic E-state index is 0.00223. The third-order valence-corrected chi connectivity index (χ3v) is 4.47. The standard InChI is InChI=1S/C17H17ClN2O3S/c18-15-8-4-5-9-16(15)20-17(21)10-12-19-24(22,23)13-11-14-6-2-1-3-7-14/h1-9,11,13,19H,10,12H2,(H,20,21)/b13-11+. The highest BCUT2D eigenvalue weighted by Gasteiger charge is 2.08. The fourth-order valence-corrected chi connectivity index (χ4v) is 2.86. The van der Waals surface area contributed by atoms with Crippen molar-refractivity contribution in [3.05, 3.63) is 70.6 Å². The highest BCUT2D eigenvalue weighted by atomic mass is 35.5. The van der Waals surface area contributed by atoms with Crippen molar-refractivity contribution >= 4 is 39.3 Å². The maximum absolute atomic E-state index is 11.8. The van der Waals surface area contributed by atoms with E-state index >= 15 is 0 Å². The molecular weight excluding hydrogens is 348 g/mol. The van der Waals surface area contributed by atoms with Gasteiger partial charge in [-0.15, -0.1) is 0 Å². The van der Waals surface area contributed by atoms with Gasteiger partial charge in [0.1, 0.15) is 0 Å². The summed E-state index contributed by atoms with van der Waals surface area (Å²) in [4.78, 5) is 11.8. The molecule has 24 heavy (non-hydrogen) atoms. The number of hydrogen-bond donors (Lipinski definition) is 2. The summed E-state index contributed by atoms with van der Waals surface area (Å²) in [6, 6.07) is 15.9. The molecule has 2 aromatic rings. The lowest BCUT2D eigenvalue weighted by molar-refractivity contribution is -0.116. The number of carbonyl (C=O) groups excluding carboxylic acids is 1. The van der Waals surface area contributed by atoms with Crippen LogP contribution in [0, 0.1) is 0 Å². The minimum atomic E-state index is -3.59. The van der Waals surface area contributed by atoms with Gasteiger partial charge in [0.15, 0.2) is 0 Å². The molecular formula is C17H17ClN2O3S. The Bertz CT molecular complexity index is 821. The molecule has 126 valence electrons. The predicted octanol–water partition coefficient (Wildman–Crippen LogP) is 3.26. The van der Waals surface area contributed by atoms with Crippen LogP contribution in [0.15, 0.2) is 60.0 Å². The second kappa shape index (κ2) is 8.63. The number of hydrogen-bond acceptors (Lipinski definition) is 3. The molecule has 2 rings (SSSR count). The molecule has 0 unspecified atom stereocenters. The lowest BCUT2D eigenvalue weighted by Crippen LogP contribution is -2.26. The maximum Gasteiger partial charge on any atom is 0.233 e. The Morgan fingerprint density at radius 3 is 2.42 bits per heavy atom. The molecule has 0 aliphatic heterocycles. The lowest BCUT2D eigenvalue weighted by atomic mass is 10.2. The number of carbonyl (C=O) groups is 1. The van der Waals surface area contributed by atoms with Gasteiger partial charge in [-0.3, -0.25) is 4.79 Å². The summed E-state index contributed by atoms with van der Waals surface area (Å²) in [6.45, 7) is -0.00223. The highest BCUT2D eigenvalue weighted by molar-refractivity contribution is 7.92. The number of para-hydroxylation sites is 1. The summed E-state index contributed by atoms with van der Waals surface area (Å²) in [5.41, 5.74) is 1.27. The van der Waals surface area contributed by atoms with Crippen LogP contribution in [0.3, 0.4) is 0 Å². The van der Waals surface area contributed by atoms with Crippen molar-refractivity contribution in [2.45, 2.75) is 6.42 Å². The molecule has 0 fully saturated rings. The van der Waals surface area contributed by atoms with Crippen molar-refractivity contribution in [1.82, 2.24) is 4.72 Å². The molecule has 2 N–H and O–H groups in total. The second-order valence-corrected chi connectivity index (χ2v) is 6.99. The summed E-state index contributed by atoms with van der Waals surface area (Å²) in [5, 5.41) is 4.14. The molecule has 0 aromatic heterocycles. The van der Waals surface area contributed by atoms with Crippen molar-refractivity contribution in [3.8, 4) is 0 Å². The Kier molecular flexibility index (Phi) is 6.54. The summed E-state index contributed by atoms with van der Waals surface area (Å²) in [7, 11) is -3.59. The van der Waals surface area contributed by atoms with E-state index in [9.17, 15) is 13.2 Å². The quantitative estimate of drug-likeness (QED) is 0.791. The number of sulfonamides is 1. The van der Waals surface area contributed by atoms with Gasteiger partial charge in [-0.2, -0.15) is 0 Å². The summed E-state index contributed by atoms with van der Waals surface area (Å²) >= 11 is 5.94. The summed E-state index contributed by atoms with van der Waals surface area (Å²) in [6.07, 6.45) is 1.50. The van der Waals surface area contributed by atoms with Crippen LogP contribution in [0.4, 0.5) is 5.69 Å². The molecule has 0 atom stereocenters. The van der Waals surface area contributed by atoms with E-state index in [-0.39, 0.29) is 18.9 Å². The zero-order valence-electron chi connectivity index (χ0n) is 12.8. The predicted molar refractivity (Wildman–Crippen MR) is 97.1 cm³/mol. The van der Waals surface area contributed by atoms with Gasteiger partial charge in [-0.25, -0.2) is 13.1 Å². The fourth-order valence-electron chi connectivity index (χ4n) is 1.86. The Hall–Kier alpha value is -2.15. The van der Waals surface area contributed by atoms with Gasteiger partial charge in [-0.1, -0.05) is 54.1 Å². The summed E-state index contributed by atoms with van der Waals surface area (Å²) < 4.78 is 26.0. The molecule has 0 saturated carbocycles. The van der Waals surface area contributed by atoms with Crippen molar-refractivity contribution in [1.29, 1.82) is 0 Å². The van der Waals surface area contributed by atoms with E-state index in [1.54, 1.807) is 36.4 Å². The monoisotopic (exact) mass is 364 g/mol. The molecule has 2 aromatic carbocycles. The van der Waals surface area contributed by atoms with E-state index in [0.717, 1.165) is 11.0 Å². The zero-order valence-corrected chi connectivity index (χ0v) is 14.3. The van der Waals surface area contributed by atoms with Crippen LogP contribution in [0.25, 0.3) is 6.08 Å². The van der Waals surface area contributed by atoms with Gasteiger partial charge >= 0.3 is 0 Å². The van der Waals surface area contributed by atoms with Gasteiger partial charge in [0.25, 0.3) is 0 Å². The first-order chi connectivity index (χ1) is 11.5. The Morgan fingerprint density at radius 2 is 1.71 bits per heavy atom. The van der Waals surface area contributed by atoms with Gasteiger partial charge in [0, 0.05) is 18.4 Å². The first kappa shape index (κ1) is 18.2. The second-order valence-electron chi connectivity index (χ2n) is 4.93. The Labute approximate surface area is 146 Å². The third kappa shape index (κ3) is 6.16. The minimum Gasteiger partial charge on any atom is -0.325 e. The number of benzene rings is 2.